The first-order valence-electron chi connectivity index (χ1n) is 2.06. The van der Waals surface area contributed by atoms with E-state index in [1.807, 2.05) is 0 Å². The molecule has 12 heavy (non-hydrogen) atoms. The Labute approximate surface area is 74.0 Å². The first kappa shape index (κ1) is 17.3. The molecule has 0 atom stereocenters. The molecule has 0 aliphatic rings. The van der Waals surface area contributed by atoms with E-state index in [4.69, 9.17) is 29.9 Å². The van der Waals surface area contributed by atoms with Crippen LogP contribution in [0.4, 0.5) is 0 Å². The molecule has 0 unspecified atom stereocenters. The van der Waals surface area contributed by atoms with Gasteiger partial charge in [-0.25, -0.2) is 4.57 Å². The Kier molecular flexibility index (Phi) is 14.8. The van der Waals surface area contributed by atoms with Gasteiger partial charge in [0.1, 0.15) is 5.40 Å². The third-order valence-electron chi connectivity index (χ3n) is 0. The highest BCUT2D eigenvalue weighted by Gasteiger charge is 2.00. The van der Waals surface area contributed by atoms with E-state index >= 15 is 0 Å². The Morgan fingerprint density at radius 1 is 1.50 bits per heavy atom. The molecular formula is C2H9N4O4PS. The van der Waals surface area contributed by atoms with Crippen molar-refractivity contribution in [2.45, 2.75) is 0 Å². The number of thiocyanates is 1. The van der Waals surface area contributed by atoms with Crippen LogP contribution in [-0.2, 0) is 4.57 Å². The maximum Gasteiger partial charge on any atom is 0.466 e. The summed E-state index contributed by atoms with van der Waals surface area (Å²) in [5, 5.41) is 14.7. The van der Waals surface area contributed by atoms with Crippen LogP contribution in [0, 0.1) is 16.1 Å². The van der Waals surface area contributed by atoms with Crippen LogP contribution in [0.25, 0.3) is 0 Å². The Bertz CT molecular complexity index is 183. The average molecular weight is 216 g/mol. The molecule has 0 rings (SSSR count). The smallest absolute Gasteiger partial charge is 0.370 e. The van der Waals surface area contributed by atoms with Crippen molar-refractivity contribution in [3.63, 3.8) is 0 Å². The normalized spacial score (nSPS) is 7.58. The van der Waals surface area contributed by atoms with Crippen molar-refractivity contribution in [3.8, 4) is 5.40 Å². The molecule has 8 N–H and O–H groups in total. The molecular weight excluding hydrogens is 207 g/mol. The summed E-state index contributed by atoms with van der Waals surface area (Å²) in [5.41, 5.74) is 8.94. The number of phosphoric acid groups is 1. The highest BCUT2D eigenvalue weighted by Crippen LogP contribution is 2.25. The van der Waals surface area contributed by atoms with Crippen molar-refractivity contribution >= 4 is 26.4 Å². The van der Waals surface area contributed by atoms with Crippen LogP contribution in [-0.4, -0.2) is 20.6 Å². The quantitative estimate of drug-likeness (QED) is 0.0829. The highest BCUT2D eigenvalue weighted by molar-refractivity contribution is 7.85. The largest absolute Gasteiger partial charge is 0.466 e. The summed E-state index contributed by atoms with van der Waals surface area (Å²) in [4.78, 5) is 21.6. The van der Waals surface area contributed by atoms with Gasteiger partial charge >= 0.3 is 7.82 Å². The van der Waals surface area contributed by atoms with Crippen molar-refractivity contribution < 1.29 is 19.2 Å². The van der Waals surface area contributed by atoms with E-state index in [-0.39, 0.29) is 5.96 Å². The molecule has 72 valence electrons. The molecule has 0 aromatic rings. The van der Waals surface area contributed by atoms with Gasteiger partial charge in [0.05, 0.1) is 0 Å². The van der Waals surface area contributed by atoms with Crippen LogP contribution in [0.3, 0.4) is 0 Å². The number of nitriles is 1. The molecule has 0 bridgehead atoms. The van der Waals surface area contributed by atoms with Gasteiger partial charge in [-0.3, -0.25) is 5.41 Å². The lowest BCUT2D eigenvalue weighted by Gasteiger charge is -1.82. The zero-order chi connectivity index (χ0) is 10.8. The van der Waals surface area contributed by atoms with Gasteiger partial charge in [-0.05, 0) is 0 Å². The number of hydrogen-bond acceptors (Lipinski definition) is 4. The van der Waals surface area contributed by atoms with Crippen LogP contribution in [0.5, 0.6) is 0 Å². The van der Waals surface area contributed by atoms with Crippen molar-refractivity contribution in [2.75, 3.05) is 0 Å². The Morgan fingerprint density at radius 2 is 1.50 bits per heavy atom. The number of hydrogen-bond donors (Lipinski definition) is 7. The molecule has 0 aliphatic carbocycles. The minimum atomic E-state index is -4.64. The highest BCUT2D eigenvalue weighted by atomic mass is 32.1. The molecule has 0 amide bonds. The van der Waals surface area contributed by atoms with E-state index in [0.29, 0.717) is 0 Å². The van der Waals surface area contributed by atoms with Gasteiger partial charge in [-0.1, -0.05) is 12.6 Å². The van der Waals surface area contributed by atoms with Gasteiger partial charge in [0, 0.05) is 0 Å². The summed E-state index contributed by atoms with van der Waals surface area (Å²) in [6.07, 6.45) is 0. The fourth-order valence-electron chi connectivity index (χ4n) is 0. The second-order valence-electron chi connectivity index (χ2n) is 1.07. The summed E-state index contributed by atoms with van der Waals surface area (Å²) in [7, 11) is -4.64. The number of nitrogens with two attached hydrogens (primary N) is 2. The number of guanidine groups is 1. The molecule has 0 spiro atoms. The molecule has 0 aromatic carbocycles. The summed E-state index contributed by atoms with van der Waals surface area (Å²) >= 11 is 3.09. The van der Waals surface area contributed by atoms with Gasteiger partial charge < -0.3 is 26.1 Å². The predicted molar refractivity (Wildman–Crippen MR) is 45.0 cm³/mol. The van der Waals surface area contributed by atoms with E-state index < -0.39 is 7.82 Å². The van der Waals surface area contributed by atoms with Gasteiger partial charge in [0.2, 0.25) is 0 Å². The molecule has 0 saturated heterocycles. The summed E-state index contributed by atoms with van der Waals surface area (Å²) in [6, 6.07) is 0. The van der Waals surface area contributed by atoms with Crippen LogP contribution < -0.4 is 11.5 Å². The lowest BCUT2D eigenvalue weighted by Crippen LogP contribution is -2.20. The van der Waals surface area contributed by atoms with Crippen molar-refractivity contribution in [1.82, 2.24) is 0 Å². The number of nitrogens with one attached hydrogen (secondary N) is 1. The van der Waals surface area contributed by atoms with Crippen LogP contribution in [0.2, 0.25) is 0 Å². The van der Waals surface area contributed by atoms with E-state index in [0.717, 1.165) is 0 Å². The lowest BCUT2D eigenvalue weighted by molar-refractivity contribution is 0.275. The van der Waals surface area contributed by atoms with Gasteiger partial charge in [0.25, 0.3) is 0 Å². The van der Waals surface area contributed by atoms with Gasteiger partial charge in [0.15, 0.2) is 5.96 Å². The monoisotopic (exact) mass is 216 g/mol. The summed E-state index contributed by atoms with van der Waals surface area (Å²) in [6.45, 7) is 0. The zero-order valence-corrected chi connectivity index (χ0v) is 7.54. The fourth-order valence-corrected chi connectivity index (χ4v) is 0. The molecule has 8 nitrogen and oxygen atoms in total. The second kappa shape index (κ2) is 10.2. The predicted octanol–water partition coefficient (Wildman–Crippen LogP) is -1.69. The van der Waals surface area contributed by atoms with Crippen LogP contribution in [0.1, 0.15) is 0 Å². The second-order valence-corrected chi connectivity index (χ2v) is 2.30. The molecule has 0 saturated carbocycles. The minimum Gasteiger partial charge on any atom is -0.370 e. The first-order chi connectivity index (χ1) is 5.15. The van der Waals surface area contributed by atoms with Crippen molar-refractivity contribution in [3.05, 3.63) is 0 Å². The maximum atomic E-state index is 8.88. The SMILES string of the molecule is N#CS.N=C(N)N.O=P(O)(O)O. The maximum absolute atomic E-state index is 8.88. The van der Waals surface area contributed by atoms with E-state index in [1.165, 1.54) is 5.40 Å². The van der Waals surface area contributed by atoms with Crippen molar-refractivity contribution in [1.29, 1.82) is 10.7 Å². The number of rotatable bonds is 0. The Morgan fingerprint density at radius 3 is 1.50 bits per heavy atom. The van der Waals surface area contributed by atoms with Gasteiger partial charge in [-0.2, -0.15) is 5.26 Å². The van der Waals surface area contributed by atoms with E-state index in [2.05, 4.69) is 24.1 Å². The lowest BCUT2D eigenvalue weighted by atomic mass is 11.1. The number of nitrogens with zero attached hydrogens (tertiary/aromatic N) is 1. The Balaban J connectivity index is -0.000000105. The van der Waals surface area contributed by atoms with Gasteiger partial charge in [-0.15, -0.1) is 0 Å². The van der Waals surface area contributed by atoms with E-state index in [1.54, 1.807) is 0 Å². The molecule has 0 heterocycles. The summed E-state index contributed by atoms with van der Waals surface area (Å²) in [5.74, 6) is -0.333. The third kappa shape index (κ3) is 1020. The zero-order valence-electron chi connectivity index (χ0n) is 5.75. The minimum absolute atomic E-state index is 0.333. The molecule has 0 aliphatic heterocycles. The average Bonchev–Trinajstić information content (AvgIpc) is 1.56. The molecule has 10 heteroatoms. The molecule has 0 radical (unpaired) electrons. The Hall–Kier alpha value is -0.780. The molecule has 0 fully saturated rings. The topological polar surface area (TPSA) is 177 Å². The molecule has 0 aromatic heterocycles. The van der Waals surface area contributed by atoms with E-state index in [9.17, 15) is 0 Å². The van der Waals surface area contributed by atoms with Crippen LogP contribution in [0.15, 0.2) is 0 Å². The standard InChI is InChI=1S/CH5N3.CHNS.H3O4P/c2-1(3)4;2-1-3;1-5(2,3)4/h(H5,2,3,4);3H;(H3,1,2,3,4). The summed E-state index contributed by atoms with van der Waals surface area (Å²) < 4.78 is 8.88. The van der Waals surface area contributed by atoms with Crippen LogP contribution >= 0.6 is 20.5 Å². The third-order valence-corrected chi connectivity index (χ3v) is 0. The number of thiol groups is 1. The van der Waals surface area contributed by atoms with Crippen molar-refractivity contribution in [2.24, 2.45) is 11.5 Å². The first-order valence-corrected chi connectivity index (χ1v) is 4.07. The fraction of sp³-hybridized carbons (Fsp3) is 0.